The molecule has 19 heavy (non-hydrogen) atoms. The van der Waals surface area contributed by atoms with Crippen LogP contribution in [0.5, 0.6) is 5.75 Å². The molecule has 1 aromatic rings. The van der Waals surface area contributed by atoms with Crippen molar-refractivity contribution < 1.29 is 4.74 Å². The summed E-state index contributed by atoms with van der Waals surface area (Å²) in [5.41, 5.74) is 1.29. The van der Waals surface area contributed by atoms with Gasteiger partial charge in [-0.15, -0.1) is 0 Å². The van der Waals surface area contributed by atoms with Crippen molar-refractivity contribution >= 4 is 17.3 Å². The van der Waals surface area contributed by atoms with Crippen LogP contribution in [-0.2, 0) is 6.42 Å². The Morgan fingerprint density at radius 3 is 2.58 bits per heavy atom. The second kappa shape index (κ2) is 7.34. The molecule has 2 N–H and O–H groups in total. The minimum absolute atomic E-state index is 0.584. The highest BCUT2D eigenvalue weighted by Gasteiger charge is 2.14. The van der Waals surface area contributed by atoms with Crippen molar-refractivity contribution in [1.82, 2.24) is 10.6 Å². The van der Waals surface area contributed by atoms with E-state index in [-0.39, 0.29) is 0 Å². The molecule has 1 saturated carbocycles. The van der Waals surface area contributed by atoms with E-state index >= 15 is 0 Å². The van der Waals surface area contributed by atoms with E-state index in [4.69, 9.17) is 17.0 Å². The Morgan fingerprint density at radius 1 is 1.26 bits per heavy atom. The van der Waals surface area contributed by atoms with E-state index in [0.29, 0.717) is 6.04 Å². The van der Waals surface area contributed by atoms with Crippen LogP contribution in [0, 0.1) is 0 Å². The van der Waals surface area contributed by atoms with E-state index in [2.05, 4.69) is 22.8 Å². The topological polar surface area (TPSA) is 33.3 Å². The summed E-state index contributed by atoms with van der Waals surface area (Å²) in [4.78, 5) is 0. The number of methoxy groups -OCH3 is 1. The van der Waals surface area contributed by atoms with Crippen molar-refractivity contribution in [2.45, 2.75) is 38.1 Å². The van der Waals surface area contributed by atoms with Crippen LogP contribution >= 0.6 is 12.2 Å². The fourth-order valence-corrected chi connectivity index (χ4v) is 2.69. The van der Waals surface area contributed by atoms with Gasteiger partial charge in [0.25, 0.3) is 0 Å². The van der Waals surface area contributed by atoms with Gasteiger partial charge in [0.05, 0.1) is 7.11 Å². The molecule has 4 heteroatoms. The summed E-state index contributed by atoms with van der Waals surface area (Å²) in [7, 11) is 1.68. The third-order valence-electron chi connectivity index (χ3n) is 3.55. The molecule has 0 amide bonds. The van der Waals surface area contributed by atoms with Gasteiger partial charge in [-0.1, -0.05) is 25.0 Å². The van der Waals surface area contributed by atoms with E-state index < -0.39 is 0 Å². The molecule has 0 unspecified atom stereocenters. The maximum Gasteiger partial charge on any atom is 0.166 e. The number of benzene rings is 1. The SMILES string of the molecule is COc1ccc(CCNC(=S)NC2CCCC2)cc1. The van der Waals surface area contributed by atoms with Crippen LogP contribution in [0.15, 0.2) is 24.3 Å². The van der Waals surface area contributed by atoms with Gasteiger partial charge in [0.15, 0.2) is 5.11 Å². The number of ether oxygens (including phenoxy) is 1. The zero-order valence-corrected chi connectivity index (χ0v) is 12.3. The van der Waals surface area contributed by atoms with Crippen molar-refractivity contribution in [3.8, 4) is 5.75 Å². The second-order valence-electron chi connectivity index (χ2n) is 4.98. The summed E-state index contributed by atoms with van der Waals surface area (Å²) in [6, 6.07) is 8.75. The average molecular weight is 278 g/mol. The van der Waals surface area contributed by atoms with Gasteiger partial charge in [0, 0.05) is 12.6 Å². The summed E-state index contributed by atoms with van der Waals surface area (Å²) in [6.45, 7) is 0.866. The first kappa shape index (κ1) is 14.1. The van der Waals surface area contributed by atoms with Crippen molar-refractivity contribution in [1.29, 1.82) is 0 Å². The van der Waals surface area contributed by atoms with Crippen LogP contribution < -0.4 is 15.4 Å². The quantitative estimate of drug-likeness (QED) is 0.811. The molecule has 0 heterocycles. The lowest BCUT2D eigenvalue weighted by atomic mass is 10.1. The zero-order valence-electron chi connectivity index (χ0n) is 11.4. The third kappa shape index (κ3) is 4.71. The van der Waals surface area contributed by atoms with Crippen molar-refractivity contribution in [3.63, 3.8) is 0 Å². The largest absolute Gasteiger partial charge is 0.497 e. The molecular weight excluding hydrogens is 256 g/mol. The molecule has 0 atom stereocenters. The molecule has 1 aliphatic carbocycles. The number of hydrogen-bond acceptors (Lipinski definition) is 2. The molecule has 1 aromatic carbocycles. The Bertz CT molecular complexity index is 399. The van der Waals surface area contributed by atoms with Crippen LogP contribution in [0.2, 0.25) is 0 Å². The predicted molar refractivity (Wildman–Crippen MR) is 82.7 cm³/mol. The molecule has 0 saturated heterocycles. The van der Waals surface area contributed by atoms with Crippen molar-refractivity contribution in [2.24, 2.45) is 0 Å². The van der Waals surface area contributed by atoms with E-state index in [1.54, 1.807) is 7.11 Å². The Balaban J connectivity index is 1.65. The van der Waals surface area contributed by atoms with Gasteiger partial charge in [-0.25, -0.2) is 0 Å². The Morgan fingerprint density at radius 2 is 1.95 bits per heavy atom. The first-order chi connectivity index (χ1) is 9.28. The number of thiocarbonyl (C=S) groups is 1. The Hall–Kier alpha value is -1.29. The fourth-order valence-electron chi connectivity index (χ4n) is 2.42. The fraction of sp³-hybridized carbons (Fsp3) is 0.533. The number of nitrogens with one attached hydrogen (secondary N) is 2. The summed E-state index contributed by atoms with van der Waals surface area (Å²) in [5.74, 6) is 0.898. The molecule has 1 fully saturated rings. The lowest BCUT2D eigenvalue weighted by Gasteiger charge is -2.15. The minimum Gasteiger partial charge on any atom is -0.497 e. The molecule has 0 radical (unpaired) electrons. The van der Waals surface area contributed by atoms with Crippen LogP contribution in [0.3, 0.4) is 0 Å². The van der Waals surface area contributed by atoms with E-state index in [1.165, 1.54) is 31.2 Å². The molecule has 1 aliphatic rings. The van der Waals surface area contributed by atoms with Gasteiger partial charge in [-0.2, -0.15) is 0 Å². The molecule has 0 aromatic heterocycles. The highest BCUT2D eigenvalue weighted by molar-refractivity contribution is 7.80. The highest BCUT2D eigenvalue weighted by Crippen LogP contribution is 2.17. The normalized spacial score (nSPS) is 15.2. The first-order valence-corrected chi connectivity index (χ1v) is 7.36. The van der Waals surface area contributed by atoms with Gasteiger partial charge in [-0.3, -0.25) is 0 Å². The van der Waals surface area contributed by atoms with E-state index in [0.717, 1.165) is 23.8 Å². The molecular formula is C15H22N2OS. The molecule has 104 valence electrons. The Kier molecular flexibility index (Phi) is 5.45. The molecule has 3 nitrogen and oxygen atoms in total. The molecule has 0 spiro atoms. The second-order valence-corrected chi connectivity index (χ2v) is 5.39. The summed E-state index contributed by atoms with van der Waals surface area (Å²) in [6.07, 6.45) is 6.12. The number of rotatable bonds is 5. The predicted octanol–water partition coefficient (Wildman–Crippen LogP) is 2.64. The summed E-state index contributed by atoms with van der Waals surface area (Å²) in [5, 5.41) is 7.45. The molecule has 0 aliphatic heterocycles. The van der Waals surface area contributed by atoms with Crippen LogP contribution in [0.1, 0.15) is 31.2 Å². The van der Waals surface area contributed by atoms with E-state index in [1.807, 2.05) is 12.1 Å². The highest BCUT2D eigenvalue weighted by atomic mass is 32.1. The van der Waals surface area contributed by atoms with Crippen LogP contribution in [-0.4, -0.2) is 24.8 Å². The first-order valence-electron chi connectivity index (χ1n) is 6.95. The average Bonchev–Trinajstić information content (AvgIpc) is 2.92. The standard InChI is InChI=1S/C15H22N2OS/c1-18-14-8-6-12(7-9-14)10-11-16-15(19)17-13-4-2-3-5-13/h6-9,13H,2-5,10-11H2,1H3,(H2,16,17,19). The maximum absolute atomic E-state index is 5.30. The van der Waals surface area contributed by atoms with Gasteiger partial charge in [0.2, 0.25) is 0 Å². The summed E-state index contributed by atoms with van der Waals surface area (Å²) < 4.78 is 5.14. The number of hydrogen-bond donors (Lipinski definition) is 2. The zero-order chi connectivity index (χ0) is 13.5. The van der Waals surface area contributed by atoms with Gasteiger partial charge in [0.1, 0.15) is 5.75 Å². The van der Waals surface area contributed by atoms with Gasteiger partial charge in [-0.05, 0) is 49.2 Å². The molecule has 0 bridgehead atoms. The Labute approximate surface area is 120 Å². The van der Waals surface area contributed by atoms with Crippen molar-refractivity contribution in [2.75, 3.05) is 13.7 Å². The van der Waals surface area contributed by atoms with Gasteiger partial charge < -0.3 is 15.4 Å². The van der Waals surface area contributed by atoms with Gasteiger partial charge >= 0.3 is 0 Å². The van der Waals surface area contributed by atoms with E-state index in [9.17, 15) is 0 Å². The lowest BCUT2D eigenvalue weighted by Crippen LogP contribution is -2.41. The van der Waals surface area contributed by atoms with Crippen LogP contribution in [0.4, 0.5) is 0 Å². The third-order valence-corrected chi connectivity index (χ3v) is 3.81. The van der Waals surface area contributed by atoms with Crippen molar-refractivity contribution in [3.05, 3.63) is 29.8 Å². The smallest absolute Gasteiger partial charge is 0.166 e. The monoisotopic (exact) mass is 278 g/mol. The summed E-state index contributed by atoms with van der Waals surface area (Å²) >= 11 is 5.30. The van der Waals surface area contributed by atoms with Crippen LogP contribution in [0.25, 0.3) is 0 Å². The minimum atomic E-state index is 0.584. The lowest BCUT2D eigenvalue weighted by molar-refractivity contribution is 0.414. The maximum atomic E-state index is 5.30. The molecule has 2 rings (SSSR count).